The van der Waals surface area contributed by atoms with Gasteiger partial charge < -0.3 is 10.1 Å². The molecule has 0 aliphatic rings. The molecule has 23 heavy (non-hydrogen) atoms. The maximum Gasteiger partial charge on any atom is 0.230 e. The first-order chi connectivity index (χ1) is 11.1. The Bertz CT molecular complexity index is 635. The Morgan fingerprint density at radius 3 is 2.61 bits per heavy atom. The summed E-state index contributed by atoms with van der Waals surface area (Å²) in [6, 6.07) is 14.8. The molecule has 0 aromatic heterocycles. The van der Waals surface area contributed by atoms with E-state index in [1.54, 1.807) is 36.0 Å². The summed E-state index contributed by atoms with van der Waals surface area (Å²) < 4.78 is 5.50. The van der Waals surface area contributed by atoms with Crippen LogP contribution in [0.15, 0.2) is 48.5 Å². The van der Waals surface area contributed by atoms with Crippen molar-refractivity contribution in [3.63, 3.8) is 0 Å². The Balaban J connectivity index is 1.57. The molecule has 0 saturated carbocycles. The summed E-state index contributed by atoms with van der Waals surface area (Å²) in [5, 5.41) is 4.21. The molecule has 0 fully saturated rings. The molecule has 0 unspecified atom stereocenters. The van der Waals surface area contributed by atoms with Crippen LogP contribution in [-0.2, 0) is 10.5 Å². The van der Waals surface area contributed by atoms with E-state index in [1.807, 2.05) is 24.3 Å². The number of ether oxygens (including phenoxy) is 1. The molecule has 0 radical (unpaired) electrons. The zero-order valence-electron chi connectivity index (χ0n) is 12.4. The van der Waals surface area contributed by atoms with Crippen molar-refractivity contribution >= 4 is 40.9 Å². The van der Waals surface area contributed by atoms with Crippen LogP contribution < -0.4 is 10.1 Å². The summed E-state index contributed by atoms with van der Waals surface area (Å²) in [6.45, 7) is 0.894. The summed E-state index contributed by atoms with van der Waals surface area (Å²) in [6.07, 6.45) is 0. The number of benzene rings is 2. The van der Waals surface area contributed by atoms with E-state index in [1.165, 1.54) is 0 Å². The second kappa shape index (κ2) is 9.71. The van der Waals surface area contributed by atoms with E-state index in [-0.39, 0.29) is 5.91 Å². The summed E-state index contributed by atoms with van der Waals surface area (Å²) in [5.74, 6) is 1.90. The molecule has 2 rings (SSSR count). The van der Waals surface area contributed by atoms with E-state index in [2.05, 4.69) is 5.32 Å². The molecule has 0 bridgehead atoms. The van der Waals surface area contributed by atoms with E-state index in [0.29, 0.717) is 28.9 Å². The zero-order chi connectivity index (χ0) is 16.5. The second-order valence-corrected chi connectivity index (χ2v) is 6.63. The van der Waals surface area contributed by atoms with E-state index in [9.17, 15) is 4.79 Å². The smallest absolute Gasteiger partial charge is 0.230 e. The highest BCUT2D eigenvalue weighted by Gasteiger charge is 2.02. The van der Waals surface area contributed by atoms with Crippen LogP contribution in [0, 0.1) is 0 Å². The Labute approximate surface area is 150 Å². The van der Waals surface area contributed by atoms with Crippen LogP contribution in [0.25, 0.3) is 0 Å². The van der Waals surface area contributed by atoms with Gasteiger partial charge in [-0.1, -0.05) is 35.3 Å². The van der Waals surface area contributed by atoms with Crippen molar-refractivity contribution in [1.29, 1.82) is 0 Å². The number of carbonyl (C=O) groups excluding carboxylic acids is 1. The van der Waals surface area contributed by atoms with Gasteiger partial charge >= 0.3 is 0 Å². The van der Waals surface area contributed by atoms with Gasteiger partial charge in [-0.25, -0.2) is 0 Å². The van der Waals surface area contributed by atoms with Gasteiger partial charge in [-0.2, -0.15) is 0 Å². The van der Waals surface area contributed by atoms with E-state index < -0.39 is 0 Å². The first-order valence-corrected chi connectivity index (χ1v) is 9.02. The molecule has 0 heterocycles. The van der Waals surface area contributed by atoms with Crippen LogP contribution in [0.4, 0.5) is 0 Å². The van der Waals surface area contributed by atoms with Crippen LogP contribution in [0.2, 0.25) is 10.0 Å². The monoisotopic (exact) mass is 369 g/mol. The minimum Gasteiger partial charge on any atom is -0.492 e. The largest absolute Gasteiger partial charge is 0.492 e. The second-order valence-electron chi connectivity index (χ2n) is 4.78. The first-order valence-electron chi connectivity index (χ1n) is 7.11. The van der Waals surface area contributed by atoms with Crippen LogP contribution in [0.3, 0.4) is 0 Å². The molecule has 2 aromatic rings. The lowest BCUT2D eigenvalue weighted by Crippen LogP contribution is -2.29. The minimum atomic E-state index is -0.00302. The van der Waals surface area contributed by atoms with Gasteiger partial charge in [-0.3, -0.25) is 4.79 Å². The molecule has 0 aliphatic carbocycles. The van der Waals surface area contributed by atoms with Gasteiger partial charge in [-0.15, -0.1) is 11.8 Å². The molecular weight excluding hydrogens is 353 g/mol. The standard InChI is InChI=1S/C17H17Cl2NO2S/c18-14-4-6-16(7-5-14)22-9-8-20-17(21)12-23-11-13-2-1-3-15(19)10-13/h1-7,10H,8-9,11-12H2,(H,20,21). The molecule has 0 spiro atoms. The van der Waals surface area contributed by atoms with Crippen molar-refractivity contribution < 1.29 is 9.53 Å². The Morgan fingerprint density at radius 2 is 1.87 bits per heavy atom. The third-order valence-electron chi connectivity index (χ3n) is 2.90. The maximum absolute atomic E-state index is 11.7. The van der Waals surface area contributed by atoms with Gasteiger partial charge in [0.1, 0.15) is 12.4 Å². The molecule has 3 nitrogen and oxygen atoms in total. The van der Waals surface area contributed by atoms with Gasteiger partial charge in [0, 0.05) is 15.8 Å². The summed E-state index contributed by atoms with van der Waals surface area (Å²) >= 11 is 13.3. The number of halogens is 2. The normalized spacial score (nSPS) is 10.3. The molecule has 2 aromatic carbocycles. The van der Waals surface area contributed by atoms with Gasteiger partial charge in [-0.05, 0) is 42.0 Å². The Kier molecular flexibility index (Phi) is 7.59. The van der Waals surface area contributed by atoms with Crippen LogP contribution in [0.5, 0.6) is 5.75 Å². The molecule has 1 N–H and O–H groups in total. The van der Waals surface area contributed by atoms with Crippen molar-refractivity contribution in [2.75, 3.05) is 18.9 Å². The molecule has 1 amide bonds. The van der Waals surface area contributed by atoms with E-state index in [4.69, 9.17) is 27.9 Å². The van der Waals surface area contributed by atoms with Gasteiger partial charge in [0.2, 0.25) is 5.91 Å². The van der Waals surface area contributed by atoms with Crippen LogP contribution in [-0.4, -0.2) is 24.8 Å². The number of thioether (sulfide) groups is 1. The molecule has 122 valence electrons. The lowest BCUT2D eigenvalue weighted by atomic mass is 10.2. The number of nitrogens with one attached hydrogen (secondary N) is 1. The van der Waals surface area contributed by atoms with Crippen molar-refractivity contribution in [3.05, 3.63) is 64.1 Å². The average Bonchev–Trinajstić information content (AvgIpc) is 2.53. The molecule has 0 saturated heterocycles. The third kappa shape index (κ3) is 7.16. The topological polar surface area (TPSA) is 38.3 Å². The summed E-state index contributed by atoms with van der Waals surface area (Å²) in [7, 11) is 0. The third-order valence-corrected chi connectivity index (χ3v) is 4.39. The fourth-order valence-electron chi connectivity index (χ4n) is 1.83. The Hall–Kier alpha value is -1.36. The summed E-state index contributed by atoms with van der Waals surface area (Å²) in [4.78, 5) is 11.7. The highest BCUT2D eigenvalue weighted by atomic mass is 35.5. The van der Waals surface area contributed by atoms with Gasteiger partial charge in [0.05, 0.1) is 12.3 Å². The quantitative estimate of drug-likeness (QED) is 0.699. The number of amides is 1. The number of carbonyl (C=O) groups is 1. The molecular formula is C17H17Cl2NO2S. The maximum atomic E-state index is 11.7. The highest BCUT2D eigenvalue weighted by Crippen LogP contribution is 2.16. The fourth-order valence-corrected chi connectivity index (χ4v) is 2.97. The van der Waals surface area contributed by atoms with E-state index in [0.717, 1.165) is 17.1 Å². The zero-order valence-corrected chi connectivity index (χ0v) is 14.8. The predicted molar refractivity (Wildman–Crippen MR) is 97.6 cm³/mol. The lowest BCUT2D eigenvalue weighted by molar-refractivity contribution is -0.118. The van der Waals surface area contributed by atoms with Crippen LogP contribution >= 0.6 is 35.0 Å². The summed E-state index contributed by atoms with van der Waals surface area (Å²) in [5.41, 5.74) is 1.11. The molecule has 0 atom stereocenters. The van der Waals surface area contributed by atoms with Crippen molar-refractivity contribution in [3.8, 4) is 5.75 Å². The van der Waals surface area contributed by atoms with Gasteiger partial charge in [0.15, 0.2) is 0 Å². The van der Waals surface area contributed by atoms with Crippen molar-refractivity contribution in [1.82, 2.24) is 5.32 Å². The van der Waals surface area contributed by atoms with Crippen molar-refractivity contribution in [2.45, 2.75) is 5.75 Å². The number of hydrogen-bond donors (Lipinski definition) is 1. The fraction of sp³-hybridized carbons (Fsp3) is 0.235. The molecule has 0 aliphatic heterocycles. The molecule has 6 heteroatoms. The minimum absolute atomic E-state index is 0.00302. The number of hydrogen-bond acceptors (Lipinski definition) is 3. The highest BCUT2D eigenvalue weighted by molar-refractivity contribution is 7.99. The van der Waals surface area contributed by atoms with Gasteiger partial charge in [0.25, 0.3) is 0 Å². The number of rotatable bonds is 8. The van der Waals surface area contributed by atoms with E-state index >= 15 is 0 Å². The van der Waals surface area contributed by atoms with Crippen molar-refractivity contribution in [2.24, 2.45) is 0 Å². The Morgan fingerprint density at radius 1 is 1.09 bits per heavy atom. The average molecular weight is 370 g/mol. The predicted octanol–water partition coefficient (Wildman–Crippen LogP) is 4.42. The SMILES string of the molecule is O=C(CSCc1cccc(Cl)c1)NCCOc1ccc(Cl)cc1. The lowest BCUT2D eigenvalue weighted by Gasteiger charge is -2.08. The first kappa shape index (κ1) is 18.0. The van der Waals surface area contributed by atoms with Crippen LogP contribution in [0.1, 0.15) is 5.56 Å².